The summed E-state index contributed by atoms with van der Waals surface area (Å²) in [6.07, 6.45) is 7.51. The molecule has 0 atom stereocenters. The first-order chi connectivity index (χ1) is 9.26. The second-order valence-corrected chi connectivity index (χ2v) is 4.99. The first-order valence-corrected chi connectivity index (χ1v) is 7.32. The van der Waals surface area contributed by atoms with Crippen LogP contribution < -0.4 is 5.73 Å². The van der Waals surface area contributed by atoms with Gasteiger partial charge in [-0.25, -0.2) is 4.39 Å². The summed E-state index contributed by atoms with van der Waals surface area (Å²) in [6.45, 7) is 3.81. The molecule has 0 spiro atoms. The Bertz CT molecular complexity index is 355. The molecule has 2 N–H and O–H groups in total. The fourth-order valence-corrected chi connectivity index (χ4v) is 2.09. The highest BCUT2D eigenvalue weighted by Crippen LogP contribution is 2.11. The van der Waals surface area contributed by atoms with Crippen molar-refractivity contribution in [1.29, 1.82) is 0 Å². The maximum Gasteiger partial charge on any atom is 0.123 e. The fraction of sp³-hybridized carbons (Fsp3) is 0.625. The van der Waals surface area contributed by atoms with Gasteiger partial charge in [0.15, 0.2) is 0 Å². The first-order valence-electron chi connectivity index (χ1n) is 7.32. The maximum atomic E-state index is 13.3. The molecule has 0 aromatic heterocycles. The first kappa shape index (κ1) is 16.1. The lowest BCUT2D eigenvalue weighted by Crippen LogP contribution is -2.01. The lowest BCUT2D eigenvalue weighted by Gasteiger charge is -2.06. The lowest BCUT2D eigenvalue weighted by molar-refractivity contribution is 0.116. The molecule has 0 unspecified atom stereocenters. The third-order valence-electron chi connectivity index (χ3n) is 3.16. The molecule has 3 heteroatoms. The molecule has 1 rings (SSSR count). The molecular weight excluding hydrogens is 241 g/mol. The van der Waals surface area contributed by atoms with Crippen LogP contribution in [-0.2, 0) is 17.9 Å². The number of hydrogen-bond donors (Lipinski definition) is 1. The number of rotatable bonds is 10. The standard InChI is InChI=1S/C16H26FNO/c1-2-3-4-5-6-7-8-19-13-15-9-14(12-18)10-16(17)11-15/h9-11H,2-8,12-13,18H2,1H3. The van der Waals surface area contributed by atoms with Crippen LogP contribution in [0.2, 0.25) is 0 Å². The summed E-state index contributed by atoms with van der Waals surface area (Å²) in [6, 6.07) is 4.89. The van der Waals surface area contributed by atoms with Crippen LogP contribution >= 0.6 is 0 Å². The van der Waals surface area contributed by atoms with Gasteiger partial charge in [0, 0.05) is 13.2 Å². The van der Waals surface area contributed by atoms with Crippen molar-refractivity contribution in [2.24, 2.45) is 5.73 Å². The largest absolute Gasteiger partial charge is 0.377 e. The van der Waals surface area contributed by atoms with Gasteiger partial charge in [-0.15, -0.1) is 0 Å². The van der Waals surface area contributed by atoms with E-state index in [4.69, 9.17) is 10.5 Å². The van der Waals surface area contributed by atoms with Crippen molar-refractivity contribution in [2.75, 3.05) is 6.61 Å². The number of nitrogens with two attached hydrogens (primary N) is 1. The van der Waals surface area contributed by atoms with Crippen LogP contribution in [0.3, 0.4) is 0 Å². The van der Waals surface area contributed by atoms with E-state index >= 15 is 0 Å². The zero-order chi connectivity index (χ0) is 13.9. The second-order valence-electron chi connectivity index (χ2n) is 4.99. The molecule has 1 aromatic carbocycles. The zero-order valence-corrected chi connectivity index (χ0v) is 12.0. The van der Waals surface area contributed by atoms with E-state index < -0.39 is 0 Å². The molecular formula is C16H26FNO. The van der Waals surface area contributed by atoms with Gasteiger partial charge in [-0.1, -0.05) is 45.1 Å². The van der Waals surface area contributed by atoms with Gasteiger partial charge < -0.3 is 10.5 Å². The van der Waals surface area contributed by atoms with Gasteiger partial charge in [0.05, 0.1) is 6.61 Å². The Morgan fingerprint density at radius 1 is 1.00 bits per heavy atom. The Morgan fingerprint density at radius 2 is 1.68 bits per heavy atom. The van der Waals surface area contributed by atoms with Crippen LogP contribution in [-0.4, -0.2) is 6.61 Å². The molecule has 2 nitrogen and oxygen atoms in total. The molecule has 19 heavy (non-hydrogen) atoms. The maximum absolute atomic E-state index is 13.3. The third-order valence-corrected chi connectivity index (χ3v) is 3.16. The highest BCUT2D eigenvalue weighted by molar-refractivity contribution is 5.24. The molecule has 0 aliphatic carbocycles. The molecule has 0 bridgehead atoms. The van der Waals surface area contributed by atoms with E-state index in [1.54, 1.807) is 0 Å². The Labute approximate surface area is 116 Å². The average molecular weight is 267 g/mol. The topological polar surface area (TPSA) is 35.2 Å². The number of ether oxygens (including phenoxy) is 1. The monoisotopic (exact) mass is 267 g/mol. The fourth-order valence-electron chi connectivity index (χ4n) is 2.09. The van der Waals surface area contributed by atoms with Crippen molar-refractivity contribution in [1.82, 2.24) is 0 Å². The van der Waals surface area contributed by atoms with Gasteiger partial charge in [0.1, 0.15) is 5.82 Å². The summed E-state index contributed by atoms with van der Waals surface area (Å²) in [4.78, 5) is 0. The zero-order valence-electron chi connectivity index (χ0n) is 12.0. The summed E-state index contributed by atoms with van der Waals surface area (Å²) >= 11 is 0. The van der Waals surface area contributed by atoms with Crippen LogP contribution in [0.1, 0.15) is 56.6 Å². The normalized spacial score (nSPS) is 10.9. The molecule has 0 saturated carbocycles. The van der Waals surface area contributed by atoms with Gasteiger partial charge in [0.25, 0.3) is 0 Å². The highest BCUT2D eigenvalue weighted by Gasteiger charge is 2.00. The van der Waals surface area contributed by atoms with E-state index in [2.05, 4.69) is 6.92 Å². The summed E-state index contributed by atoms with van der Waals surface area (Å²) in [5.74, 6) is -0.235. The molecule has 0 radical (unpaired) electrons. The predicted octanol–water partition coefficient (Wildman–Crippen LogP) is 4.16. The predicted molar refractivity (Wildman–Crippen MR) is 77.3 cm³/mol. The van der Waals surface area contributed by atoms with Gasteiger partial charge in [-0.3, -0.25) is 0 Å². The Hall–Kier alpha value is -0.930. The molecule has 0 fully saturated rings. The quantitative estimate of drug-likeness (QED) is 0.646. The van der Waals surface area contributed by atoms with Crippen LogP contribution in [0.25, 0.3) is 0 Å². The van der Waals surface area contributed by atoms with E-state index in [1.165, 1.54) is 44.2 Å². The number of unbranched alkanes of at least 4 members (excludes halogenated alkanes) is 5. The van der Waals surface area contributed by atoms with Crippen LogP contribution in [0.4, 0.5) is 4.39 Å². The lowest BCUT2D eigenvalue weighted by atomic mass is 10.1. The Kier molecular flexibility index (Phi) is 8.43. The molecule has 108 valence electrons. The van der Waals surface area contributed by atoms with Gasteiger partial charge in [-0.2, -0.15) is 0 Å². The van der Waals surface area contributed by atoms with Crippen LogP contribution in [0, 0.1) is 5.82 Å². The van der Waals surface area contributed by atoms with E-state index in [0.717, 1.165) is 24.2 Å². The van der Waals surface area contributed by atoms with Crippen molar-refractivity contribution in [3.63, 3.8) is 0 Å². The summed E-state index contributed by atoms with van der Waals surface area (Å²) in [5.41, 5.74) is 7.20. The van der Waals surface area contributed by atoms with E-state index in [9.17, 15) is 4.39 Å². The third kappa shape index (κ3) is 7.28. The average Bonchev–Trinajstić information content (AvgIpc) is 2.41. The van der Waals surface area contributed by atoms with E-state index in [1.807, 2.05) is 6.07 Å². The van der Waals surface area contributed by atoms with Gasteiger partial charge in [-0.05, 0) is 29.7 Å². The van der Waals surface area contributed by atoms with E-state index in [-0.39, 0.29) is 5.82 Å². The molecule has 0 aliphatic rings. The van der Waals surface area contributed by atoms with Crippen molar-refractivity contribution in [3.8, 4) is 0 Å². The molecule has 0 aliphatic heterocycles. The minimum atomic E-state index is -0.235. The minimum Gasteiger partial charge on any atom is -0.377 e. The van der Waals surface area contributed by atoms with Crippen molar-refractivity contribution < 1.29 is 9.13 Å². The Morgan fingerprint density at radius 3 is 2.42 bits per heavy atom. The number of benzene rings is 1. The molecule has 0 heterocycles. The van der Waals surface area contributed by atoms with Crippen molar-refractivity contribution >= 4 is 0 Å². The number of halogens is 1. The smallest absolute Gasteiger partial charge is 0.123 e. The van der Waals surface area contributed by atoms with E-state index in [0.29, 0.717) is 13.2 Å². The molecule has 1 aromatic rings. The molecule has 0 amide bonds. The van der Waals surface area contributed by atoms with Crippen LogP contribution in [0.15, 0.2) is 18.2 Å². The number of hydrogen-bond acceptors (Lipinski definition) is 2. The summed E-state index contributed by atoms with van der Waals surface area (Å²) in [5, 5.41) is 0. The SMILES string of the molecule is CCCCCCCCOCc1cc(F)cc(CN)c1. The molecule has 0 saturated heterocycles. The highest BCUT2D eigenvalue weighted by atomic mass is 19.1. The van der Waals surface area contributed by atoms with Gasteiger partial charge >= 0.3 is 0 Å². The van der Waals surface area contributed by atoms with Gasteiger partial charge in [0.2, 0.25) is 0 Å². The second kappa shape index (κ2) is 9.93. The van der Waals surface area contributed by atoms with Crippen molar-refractivity contribution in [3.05, 3.63) is 35.1 Å². The van der Waals surface area contributed by atoms with Crippen molar-refractivity contribution in [2.45, 2.75) is 58.6 Å². The summed E-state index contributed by atoms with van der Waals surface area (Å²) < 4.78 is 18.8. The van der Waals surface area contributed by atoms with Crippen LogP contribution in [0.5, 0.6) is 0 Å². The Balaban J connectivity index is 2.13. The minimum absolute atomic E-state index is 0.235. The summed E-state index contributed by atoms with van der Waals surface area (Å²) in [7, 11) is 0.